The van der Waals surface area contributed by atoms with Gasteiger partial charge in [-0.2, -0.15) is 5.10 Å². The van der Waals surface area contributed by atoms with Crippen LogP contribution in [0.4, 0.5) is 5.82 Å². The Morgan fingerprint density at radius 3 is 2.88 bits per heavy atom. The van der Waals surface area contributed by atoms with Crippen LogP contribution in [0.5, 0.6) is 5.75 Å². The first kappa shape index (κ1) is 10.5. The first-order valence-electron chi connectivity index (χ1n) is 5.11. The van der Waals surface area contributed by atoms with E-state index < -0.39 is 0 Å². The van der Waals surface area contributed by atoms with E-state index in [0.717, 1.165) is 16.9 Å². The zero-order valence-electron chi connectivity index (χ0n) is 9.47. The minimum Gasteiger partial charge on any atom is -0.497 e. The highest BCUT2D eigenvalue weighted by atomic mass is 16.5. The first-order chi connectivity index (χ1) is 7.69. The minimum absolute atomic E-state index is 0.586. The van der Waals surface area contributed by atoms with Gasteiger partial charge in [0.25, 0.3) is 0 Å². The van der Waals surface area contributed by atoms with Crippen molar-refractivity contribution < 1.29 is 4.74 Å². The minimum atomic E-state index is 0.586. The molecule has 0 bridgehead atoms. The number of hydrogen-bond acceptors (Lipinski definition) is 3. The van der Waals surface area contributed by atoms with Crippen molar-refractivity contribution in [3.8, 4) is 5.75 Å². The summed E-state index contributed by atoms with van der Waals surface area (Å²) in [4.78, 5) is 0. The van der Waals surface area contributed by atoms with Crippen LogP contribution in [0.1, 0.15) is 11.1 Å². The topological polar surface area (TPSA) is 53.1 Å². The molecular weight excluding hydrogens is 202 g/mol. The largest absolute Gasteiger partial charge is 0.497 e. The summed E-state index contributed by atoms with van der Waals surface area (Å²) in [5.41, 5.74) is 7.84. The highest BCUT2D eigenvalue weighted by Gasteiger charge is 2.02. The number of nitrogens with two attached hydrogens (primary N) is 1. The zero-order valence-corrected chi connectivity index (χ0v) is 9.47. The van der Waals surface area contributed by atoms with E-state index in [4.69, 9.17) is 10.5 Å². The van der Waals surface area contributed by atoms with Gasteiger partial charge in [-0.1, -0.05) is 12.1 Å². The predicted molar refractivity (Wildman–Crippen MR) is 63.5 cm³/mol. The van der Waals surface area contributed by atoms with E-state index in [1.165, 1.54) is 0 Å². The lowest BCUT2D eigenvalue weighted by Gasteiger charge is -2.04. The van der Waals surface area contributed by atoms with Gasteiger partial charge in [-0.3, -0.25) is 4.68 Å². The monoisotopic (exact) mass is 217 g/mol. The molecule has 2 aromatic rings. The van der Waals surface area contributed by atoms with Crippen LogP contribution >= 0.6 is 0 Å². The second kappa shape index (κ2) is 4.26. The molecule has 1 aromatic heterocycles. The first-order valence-corrected chi connectivity index (χ1v) is 5.11. The summed E-state index contributed by atoms with van der Waals surface area (Å²) in [6, 6.07) is 7.92. The van der Waals surface area contributed by atoms with Gasteiger partial charge in [0.1, 0.15) is 11.6 Å². The molecule has 4 nitrogen and oxygen atoms in total. The molecule has 0 amide bonds. The number of aryl methyl sites for hydroxylation is 1. The molecule has 2 N–H and O–H groups in total. The van der Waals surface area contributed by atoms with Crippen molar-refractivity contribution in [3.63, 3.8) is 0 Å². The van der Waals surface area contributed by atoms with Crippen LogP contribution in [0.2, 0.25) is 0 Å². The number of hydrogen-bond donors (Lipinski definition) is 1. The quantitative estimate of drug-likeness (QED) is 0.853. The van der Waals surface area contributed by atoms with E-state index in [0.29, 0.717) is 12.4 Å². The van der Waals surface area contributed by atoms with Gasteiger partial charge in [0, 0.05) is 11.8 Å². The van der Waals surface area contributed by atoms with Gasteiger partial charge in [0.2, 0.25) is 0 Å². The molecule has 0 radical (unpaired) electrons. The van der Waals surface area contributed by atoms with Gasteiger partial charge in [-0.15, -0.1) is 0 Å². The van der Waals surface area contributed by atoms with Crippen molar-refractivity contribution in [2.24, 2.45) is 0 Å². The number of nitrogens with zero attached hydrogens (tertiary/aromatic N) is 2. The standard InChI is InChI=1S/C12H15N3O/c1-9-7-15(14-12(9)13)8-10-4-3-5-11(6-10)16-2/h3-7H,8H2,1-2H3,(H2,13,14). The summed E-state index contributed by atoms with van der Waals surface area (Å²) in [5.74, 6) is 1.44. The van der Waals surface area contributed by atoms with Crippen molar-refractivity contribution in [3.05, 3.63) is 41.6 Å². The van der Waals surface area contributed by atoms with E-state index in [2.05, 4.69) is 5.10 Å². The van der Waals surface area contributed by atoms with Crippen LogP contribution in [0.25, 0.3) is 0 Å². The van der Waals surface area contributed by atoms with Gasteiger partial charge in [-0.25, -0.2) is 0 Å². The van der Waals surface area contributed by atoms with Crippen molar-refractivity contribution in [1.82, 2.24) is 9.78 Å². The highest BCUT2D eigenvalue weighted by Crippen LogP contribution is 2.14. The number of nitrogen functional groups attached to an aromatic ring is 1. The van der Waals surface area contributed by atoms with Crippen molar-refractivity contribution in [1.29, 1.82) is 0 Å². The van der Waals surface area contributed by atoms with Crippen LogP contribution in [0, 0.1) is 6.92 Å². The molecule has 84 valence electrons. The van der Waals surface area contributed by atoms with Crippen LogP contribution in [-0.2, 0) is 6.54 Å². The SMILES string of the molecule is COc1cccc(Cn2cc(C)c(N)n2)c1. The third-order valence-electron chi connectivity index (χ3n) is 2.46. The number of benzene rings is 1. The molecule has 0 saturated heterocycles. The van der Waals surface area contributed by atoms with Crippen LogP contribution in [-0.4, -0.2) is 16.9 Å². The molecule has 1 aromatic carbocycles. The molecule has 0 unspecified atom stereocenters. The lowest BCUT2D eigenvalue weighted by atomic mass is 10.2. The molecule has 0 fully saturated rings. The van der Waals surface area contributed by atoms with Gasteiger partial charge in [0.15, 0.2) is 0 Å². The van der Waals surface area contributed by atoms with Crippen LogP contribution in [0.15, 0.2) is 30.5 Å². The highest BCUT2D eigenvalue weighted by molar-refractivity contribution is 5.36. The van der Waals surface area contributed by atoms with Gasteiger partial charge in [0.05, 0.1) is 13.7 Å². The number of aromatic nitrogens is 2. The molecule has 0 aliphatic heterocycles. The van der Waals surface area contributed by atoms with Crippen LogP contribution < -0.4 is 10.5 Å². The summed E-state index contributed by atoms with van der Waals surface area (Å²) >= 11 is 0. The lowest BCUT2D eigenvalue weighted by molar-refractivity contribution is 0.414. The summed E-state index contributed by atoms with van der Waals surface area (Å²) in [7, 11) is 1.66. The normalized spacial score (nSPS) is 10.4. The number of methoxy groups -OCH3 is 1. The fraction of sp³-hybridized carbons (Fsp3) is 0.250. The maximum Gasteiger partial charge on any atom is 0.148 e. The summed E-state index contributed by atoms with van der Waals surface area (Å²) in [6.45, 7) is 2.65. The zero-order chi connectivity index (χ0) is 11.5. The van der Waals surface area contributed by atoms with E-state index in [9.17, 15) is 0 Å². The van der Waals surface area contributed by atoms with Crippen LogP contribution in [0.3, 0.4) is 0 Å². The second-order valence-corrected chi connectivity index (χ2v) is 3.75. The van der Waals surface area contributed by atoms with E-state index in [-0.39, 0.29) is 0 Å². The Kier molecular flexibility index (Phi) is 2.81. The molecule has 0 spiro atoms. The Bertz CT molecular complexity index is 471. The molecule has 0 saturated carbocycles. The molecular formula is C12H15N3O. The number of rotatable bonds is 3. The number of anilines is 1. The third kappa shape index (κ3) is 2.16. The van der Waals surface area contributed by atoms with Gasteiger partial charge >= 0.3 is 0 Å². The molecule has 0 aliphatic carbocycles. The Hall–Kier alpha value is -1.97. The molecule has 2 rings (SSSR count). The second-order valence-electron chi connectivity index (χ2n) is 3.75. The van der Waals surface area contributed by atoms with Crippen molar-refractivity contribution in [2.45, 2.75) is 13.5 Å². The summed E-state index contributed by atoms with van der Waals surface area (Å²) in [5, 5.41) is 4.21. The average Bonchev–Trinajstić information content (AvgIpc) is 2.58. The molecule has 4 heteroatoms. The molecule has 16 heavy (non-hydrogen) atoms. The Morgan fingerprint density at radius 1 is 1.44 bits per heavy atom. The fourth-order valence-electron chi connectivity index (χ4n) is 1.57. The molecule has 0 aliphatic rings. The van der Waals surface area contributed by atoms with E-state index in [1.807, 2.05) is 42.1 Å². The Labute approximate surface area is 94.6 Å². The van der Waals surface area contributed by atoms with Gasteiger partial charge < -0.3 is 10.5 Å². The van der Waals surface area contributed by atoms with E-state index >= 15 is 0 Å². The fourth-order valence-corrected chi connectivity index (χ4v) is 1.57. The van der Waals surface area contributed by atoms with Crippen molar-refractivity contribution >= 4 is 5.82 Å². The summed E-state index contributed by atoms with van der Waals surface area (Å²) < 4.78 is 7.00. The molecule has 1 heterocycles. The maximum absolute atomic E-state index is 5.69. The average molecular weight is 217 g/mol. The summed E-state index contributed by atoms with van der Waals surface area (Å²) in [6.07, 6.45) is 1.94. The smallest absolute Gasteiger partial charge is 0.148 e. The van der Waals surface area contributed by atoms with Gasteiger partial charge in [-0.05, 0) is 24.6 Å². The Balaban J connectivity index is 2.20. The number of ether oxygens (including phenoxy) is 1. The maximum atomic E-state index is 5.69. The van der Waals surface area contributed by atoms with Crippen molar-refractivity contribution in [2.75, 3.05) is 12.8 Å². The lowest BCUT2D eigenvalue weighted by Crippen LogP contribution is -2.01. The Morgan fingerprint density at radius 2 is 2.25 bits per heavy atom. The third-order valence-corrected chi connectivity index (χ3v) is 2.46. The molecule has 0 atom stereocenters. The van der Waals surface area contributed by atoms with E-state index in [1.54, 1.807) is 7.11 Å². The predicted octanol–water partition coefficient (Wildman–Crippen LogP) is 1.83.